The number of esters is 1. The fourth-order valence-corrected chi connectivity index (χ4v) is 3.43. The van der Waals surface area contributed by atoms with Gasteiger partial charge in [0.2, 0.25) is 11.8 Å². The Morgan fingerprint density at radius 3 is 2.57 bits per heavy atom. The van der Waals surface area contributed by atoms with E-state index in [9.17, 15) is 23.6 Å². The third kappa shape index (κ3) is 5.87. The predicted octanol–water partition coefficient (Wildman–Crippen LogP) is 1.29. The zero-order valence-corrected chi connectivity index (χ0v) is 16.0. The molecular weight excluding hydrogens is 367 g/mol. The number of methoxy groups -OCH3 is 1. The molecule has 152 valence electrons. The van der Waals surface area contributed by atoms with Crippen LogP contribution in [0.1, 0.15) is 38.2 Å². The Bertz CT molecular complexity index is 752. The van der Waals surface area contributed by atoms with Crippen LogP contribution in [0, 0.1) is 11.7 Å². The molecule has 0 radical (unpaired) electrons. The SMILES string of the molecule is COC(=O)[C@@H](NC(=O)[C@H](Cc1ccccc1F)NC(C)=O)[C@@H]1CCCC(=O)C1. The number of benzene rings is 1. The van der Waals surface area contributed by atoms with Gasteiger partial charge in [0.15, 0.2) is 0 Å². The number of halogens is 1. The zero-order valence-electron chi connectivity index (χ0n) is 16.0. The minimum atomic E-state index is -1.07. The van der Waals surface area contributed by atoms with Crippen molar-refractivity contribution >= 4 is 23.6 Å². The van der Waals surface area contributed by atoms with Crippen molar-refractivity contribution in [2.75, 3.05) is 7.11 Å². The van der Waals surface area contributed by atoms with Crippen LogP contribution in [0.5, 0.6) is 0 Å². The maximum absolute atomic E-state index is 14.0. The van der Waals surface area contributed by atoms with Gasteiger partial charge in [-0.2, -0.15) is 0 Å². The van der Waals surface area contributed by atoms with Gasteiger partial charge in [0, 0.05) is 26.2 Å². The van der Waals surface area contributed by atoms with E-state index in [1.165, 1.54) is 32.2 Å². The van der Waals surface area contributed by atoms with Crippen LogP contribution in [-0.4, -0.2) is 42.8 Å². The second-order valence-corrected chi connectivity index (χ2v) is 6.95. The summed E-state index contributed by atoms with van der Waals surface area (Å²) < 4.78 is 18.8. The molecule has 2 N–H and O–H groups in total. The fourth-order valence-electron chi connectivity index (χ4n) is 3.43. The molecule has 2 rings (SSSR count). The van der Waals surface area contributed by atoms with Gasteiger partial charge in [-0.1, -0.05) is 18.2 Å². The molecule has 1 saturated carbocycles. The summed E-state index contributed by atoms with van der Waals surface area (Å²) in [5.74, 6) is -2.58. The lowest BCUT2D eigenvalue weighted by Crippen LogP contribution is -2.55. The van der Waals surface area contributed by atoms with Crippen molar-refractivity contribution in [3.63, 3.8) is 0 Å². The highest BCUT2D eigenvalue weighted by atomic mass is 19.1. The Morgan fingerprint density at radius 1 is 1.25 bits per heavy atom. The van der Waals surface area contributed by atoms with Crippen molar-refractivity contribution in [3.8, 4) is 0 Å². The summed E-state index contributed by atoms with van der Waals surface area (Å²) in [7, 11) is 1.21. The highest BCUT2D eigenvalue weighted by molar-refractivity contribution is 5.91. The largest absolute Gasteiger partial charge is 0.467 e. The summed E-state index contributed by atoms with van der Waals surface area (Å²) in [5, 5.41) is 5.09. The molecule has 1 aromatic carbocycles. The number of ether oxygens (including phenoxy) is 1. The van der Waals surface area contributed by atoms with Crippen molar-refractivity contribution in [3.05, 3.63) is 35.6 Å². The van der Waals surface area contributed by atoms with Crippen LogP contribution in [0.2, 0.25) is 0 Å². The highest BCUT2D eigenvalue weighted by Gasteiger charge is 2.35. The Labute approximate surface area is 163 Å². The van der Waals surface area contributed by atoms with Gasteiger partial charge in [0.05, 0.1) is 7.11 Å². The lowest BCUT2D eigenvalue weighted by molar-refractivity contribution is -0.147. The first-order valence-electron chi connectivity index (χ1n) is 9.22. The van der Waals surface area contributed by atoms with E-state index >= 15 is 0 Å². The number of amides is 2. The van der Waals surface area contributed by atoms with E-state index in [1.807, 2.05) is 0 Å². The van der Waals surface area contributed by atoms with Gasteiger partial charge in [-0.25, -0.2) is 9.18 Å². The predicted molar refractivity (Wildman–Crippen MR) is 98.6 cm³/mol. The quantitative estimate of drug-likeness (QED) is 0.681. The molecule has 7 nitrogen and oxygen atoms in total. The molecule has 8 heteroatoms. The first kappa shape index (κ1) is 21.5. The lowest BCUT2D eigenvalue weighted by atomic mass is 9.83. The molecule has 0 aliphatic heterocycles. The first-order chi connectivity index (χ1) is 13.3. The molecule has 0 bridgehead atoms. The monoisotopic (exact) mass is 392 g/mol. The van der Waals surface area contributed by atoms with E-state index in [0.717, 1.165) is 0 Å². The highest BCUT2D eigenvalue weighted by Crippen LogP contribution is 2.25. The number of hydrogen-bond donors (Lipinski definition) is 2. The molecule has 0 saturated heterocycles. The molecule has 0 unspecified atom stereocenters. The Kier molecular flexibility index (Phi) is 7.66. The van der Waals surface area contributed by atoms with Crippen LogP contribution >= 0.6 is 0 Å². The zero-order chi connectivity index (χ0) is 20.7. The van der Waals surface area contributed by atoms with Gasteiger partial charge in [0.25, 0.3) is 0 Å². The van der Waals surface area contributed by atoms with Crippen molar-refractivity contribution < 1.29 is 28.3 Å². The molecule has 28 heavy (non-hydrogen) atoms. The molecule has 1 aromatic rings. The van der Waals surface area contributed by atoms with E-state index in [4.69, 9.17) is 4.74 Å². The van der Waals surface area contributed by atoms with Crippen LogP contribution < -0.4 is 10.6 Å². The number of carbonyl (C=O) groups excluding carboxylic acids is 4. The summed E-state index contributed by atoms with van der Waals surface area (Å²) in [6, 6.07) is 3.88. The van der Waals surface area contributed by atoms with Crippen LogP contribution in [-0.2, 0) is 30.3 Å². The number of nitrogens with one attached hydrogen (secondary N) is 2. The van der Waals surface area contributed by atoms with Gasteiger partial charge in [0.1, 0.15) is 23.7 Å². The molecular formula is C20H25FN2O5. The standard InChI is InChI=1S/C20H25FN2O5/c1-12(24)22-17(11-13-6-3-4-9-16(13)21)19(26)23-18(20(27)28-2)14-7-5-8-15(25)10-14/h3-4,6,9,14,17-18H,5,7-8,10-11H2,1-2H3,(H,22,24)(H,23,26)/t14-,17+,18+/m1/s1. The minimum Gasteiger partial charge on any atom is -0.467 e. The Hall–Kier alpha value is -2.77. The third-order valence-corrected chi connectivity index (χ3v) is 4.82. The van der Waals surface area contributed by atoms with Crippen LogP contribution in [0.25, 0.3) is 0 Å². The van der Waals surface area contributed by atoms with Crippen LogP contribution in [0.3, 0.4) is 0 Å². The third-order valence-electron chi connectivity index (χ3n) is 4.82. The summed E-state index contributed by atoms with van der Waals surface area (Å²) in [4.78, 5) is 48.3. The first-order valence-corrected chi connectivity index (χ1v) is 9.22. The van der Waals surface area contributed by atoms with E-state index in [2.05, 4.69) is 10.6 Å². The van der Waals surface area contributed by atoms with Gasteiger partial charge < -0.3 is 15.4 Å². The van der Waals surface area contributed by atoms with Crippen molar-refractivity contribution in [1.82, 2.24) is 10.6 Å². The fraction of sp³-hybridized carbons (Fsp3) is 0.500. The smallest absolute Gasteiger partial charge is 0.328 e. The summed E-state index contributed by atoms with van der Waals surface area (Å²) >= 11 is 0. The molecule has 0 spiro atoms. The molecule has 1 aliphatic rings. The molecule has 2 amide bonds. The Balaban J connectivity index is 2.18. The molecule has 0 heterocycles. The molecule has 1 aliphatic carbocycles. The van der Waals surface area contributed by atoms with E-state index in [1.54, 1.807) is 6.07 Å². The summed E-state index contributed by atoms with van der Waals surface area (Å²) in [6.07, 6.45) is 1.80. The molecule has 3 atom stereocenters. The minimum absolute atomic E-state index is 0.0316. The van der Waals surface area contributed by atoms with Gasteiger partial charge in [-0.15, -0.1) is 0 Å². The second-order valence-electron chi connectivity index (χ2n) is 6.95. The number of rotatable bonds is 7. The molecule has 1 fully saturated rings. The number of hydrogen-bond acceptors (Lipinski definition) is 5. The van der Waals surface area contributed by atoms with E-state index in [-0.39, 0.29) is 30.1 Å². The van der Waals surface area contributed by atoms with Crippen molar-refractivity contribution in [2.45, 2.75) is 51.1 Å². The number of ketones is 1. The topological polar surface area (TPSA) is 102 Å². The lowest BCUT2D eigenvalue weighted by Gasteiger charge is -2.29. The summed E-state index contributed by atoms with van der Waals surface area (Å²) in [5.41, 5.74) is 0.263. The van der Waals surface area contributed by atoms with E-state index in [0.29, 0.717) is 19.3 Å². The number of Topliss-reactive ketones (excluding diaryl/α,β-unsaturated/α-hetero) is 1. The average Bonchev–Trinajstić information content (AvgIpc) is 2.66. The normalized spacial score (nSPS) is 18.7. The number of carbonyl (C=O) groups is 4. The summed E-state index contributed by atoms with van der Waals surface area (Å²) in [6.45, 7) is 1.25. The van der Waals surface area contributed by atoms with Gasteiger partial charge >= 0.3 is 5.97 Å². The maximum atomic E-state index is 14.0. The maximum Gasteiger partial charge on any atom is 0.328 e. The van der Waals surface area contributed by atoms with Crippen LogP contribution in [0.4, 0.5) is 4.39 Å². The van der Waals surface area contributed by atoms with Gasteiger partial charge in [-0.05, 0) is 30.4 Å². The Morgan fingerprint density at radius 2 is 1.96 bits per heavy atom. The van der Waals surface area contributed by atoms with E-state index < -0.39 is 35.7 Å². The van der Waals surface area contributed by atoms with Crippen molar-refractivity contribution in [1.29, 1.82) is 0 Å². The second kappa shape index (κ2) is 9.96. The van der Waals surface area contributed by atoms with Crippen LogP contribution in [0.15, 0.2) is 24.3 Å². The average molecular weight is 392 g/mol. The molecule has 0 aromatic heterocycles. The van der Waals surface area contributed by atoms with Crippen molar-refractivity contribution in [2.24, 2.45) is 5.92 Å². The van der Waals surface area contributed by atoms with Gasteiger partial charge in [-0.3, -0.25) is 14.4 Å².